The molecule has 136 valence electrons. The summed E-state index contributed by atoms with van der Waals surface area (Å²) < 4.78 is 7.67. The number of amides is 2. The van der Waals surface area contributed by atoms with Crippen molar-refractivity contribution in [1.82, 2.24) is 14.5 Å². The Hall–Kier alpha value is -3.41. The molecule has 0 unspecified atom stereocenters. The summed E-state index contributed by atoms with van der Waals surface area (Å²) in [6.45, 7) is 0.947. The van der Waals surface area contributed by atoms with Crippen LogP contribution in [0.4, 0.5) is 0 Å². The van der Waals surface area contributed by atoms with E-state index >= 15 is 0 Å². The number of aromatic nitrogens is 2. The number of carbonyl (C=O) groups is 2. The number of benzene rings is 2. The number of nitrogens with zero attached hydrogens (tertiary/aromatic N) is 3. The monoisotopic (exact) mass is 361 g/mol. The molecule has 1 aromatic heterocycles. The third-order valence-electron chi connectivity index (χ3n) is 4.56. The highest BCUT2D eigenvalue weighted by atomic mass is 16.5. The van der Waals surface area contributed by atoms with Crippen LogP contribution in [0, 0.1) is 0 Å². The van der Waals surface area contributed by atoms with Crippen LogP contribution in [-0.4, -0.2) is 39.4 Å². The number of ether oxygens (including phenoxy) is 1. The summed E-state index contributed by atoms with van der Waals surface area (Å²) >= 11 is 0. The standard InChI is InChI=1S/C21H19N3O3/c25-20-18-5-1-2-6-19(18)21(26)24(20)12-3-4-14-27-17-9-7-16(8-10-17)23-13-11-22-15-23/h1-2,5-11,13,15H,3-4,12,14H2. The first kappa shape index (κ1) is 17.0. The fourth-order valence-corrected chi connectivity index (χ4v) is 3.13. The molecule has 2 heterocycles. The van der Waals surface area contributed by atoms with Gasteiger partial charge in [-0.15, -0.1) is 0 Å². The van der Waals surface area contributed by atoms with E-state index in [1.165, 1.54) is 4.90 Å². The summed E-state index contributed by atoms with van der Waals surface area (Å²) in [5.41, 5.74) is 2.01. The van der Waals surface area contributed by atoms with Gasteiger partial charge < -0.3 is 9.30 Å². The number of imide groups is 1. The first-order valence-corrected chi connectivity index (χ1v) is 8.90. The zero-order valence-electron chi connectivity index (χ0n) is 14.7. The molecular formula is C21H19N3O3. The van der Waals surface area contributed by atoms with E-state index < -0.39 is 0 Å². The lowest BCUT2D eigenvalue weighted by atomic mass is 10.1. The fraction of sp³-hybridized carbons (Fsp3) is 0.190. The molecule has 0 radical (unpaired) electrons. The molecular weight excluding hydrogens is 342 g/mol. The van der Waals surface area contributed by atoms with E-state index in [1.807, 2.05) is 35.0 Å². The van der Waals surface area contributed by atoms with Crippen molar-refractivity contribution >= 4 is 11.8 Å². The molecule has 6 heteroatoms. The van der Waals surface area contributed by atoms with E-state index in [1.54, 1.807) is 36.8 Å². The van der Waals surface area contributed by atoms with Gasteiger partial charge in [-0.25, -0.2) is 4.98 Å². The van der Waals surface area contributed by atoms with Crippen LogP contribution in [0.2, 0.25) is 0 Å². The van der Waals surface area contributed by atoms with Crippen molar-refractivity contribution in [2.75, 3.05) is 13.2 Å². The minimum absolute atomic E-state index is 0.202. The van der Waals surface area contributed by atoms with Crippen molar-refractivity contribution < 1.29 is 14.3 Å². The van der Waals surface area contributed by atoms with Crippen molar-refractivity contribution in [3.63, 3.8) is 0 Å². The van der Waals surface area contributed by atoms with Crippen molar-refractivity contribution in [2.45, 2.75) is 12.8 Å². The van der Waals surface area contributed by atoms with Crippen LogP contribution in [0.5, 0.6) is 5.75 Å². The van der Waals surface area contributed by atoms with Gasteiger partial charge in [0.1, 0.15) is 5.75 Å². The second-order valence-corrected chi connectivity index (χ2v) is 6.33. The minimum atomic E-state index is -0.202. The molecule has 0 saturated heterocycles. The highest BCUT2D eigenvalue weighted by Crippen LogP contribution is 2.22. The van der Waals surface area contributed by atoms with E-state index in [0.717, 1.165) is 17.9 Å². The predicted molar refractivity (Wildman–Crippen MR) is 100 cm³/mol. The maximum absolute atomic E-state index is 12.3. The van der Waals surface area contributed by atoms with Gasteiger partial charge in [-0.2, -0.15) is 0 Å². The lowest BCUT2D eigenvalue weighted by Crippen LogP contribution is -2.30. The molecule has 27 heavy (non-hydrogen) atoms. The summed E-state index contributed by atoms with van der Waals surface area (Å²) in [5, 5.41) is 0. The lowest BCUT2D eigenvalue weighted by Gasteiger charge is -2.13. The molecule has 1 aliphatic rings. The normalized spacial score (nSPS) is 13.1. The Morgan fingerprint density at radius 2 is 1.59 bits per heavy atom. The van der Waals surface area contributed by atoms with E-state index in [2.05, 4.69) is 4.98 Å². The number of rotatable bonds is 7. The molecule has 3 aromatic rings. The molecule has 4 rings (SSSR count). The molecule has 1 aliphatic heterocycles. The summed E-state index contributed by atoms with van der Waals surface area (Å²) in [4.78, 5) is 29.9. The highest BCUT2D eigenvalue weighted by Gasteiger charge is 2.34. The van der Waals surface area contributed by atoms with Gasteiger partial charge in [0.2, 0.25) is 0 Å². The van der Waals surface area contributed by atoms with Gasteiger partial charge in [0.05, 0.1) is 24.1 Å². The molecule has 0 bridgehead atoms. The number of hydrogen-bond acceptors (Lipinski definition) is 4. The number of carbonyl (C=O) groups excluding carboxylic acids is 2. The van der Waals surface area contributed by atoms with E-state index in [-0.39, 0.29) is 11.8 Å². The van der Waals surface area contributed by atoms with Crippen LogP contribution in [0.3, 0.4) is 0 Å². The zero-order chi connectivity index (χ0) is 18.6. The first-order chi connectivity index (χ1) is 13.2. The molecule has 6 nitrogen and oxygen atoms in total. The number of imidazole rings is 1. The smallest absolute Gasteiger partial charge is 0.261 e. The molecule has 2 aromatic carbocycles. The van der Waals surface area contributed by atoms with E-state index in [4.69, 9.17) is 4.74 Å². The third kappa shape index (κ3) is 3.46. The minimum Gasteiger partial charge on any atom is -0.494 e. The Morgan fingerprint density at radius 1 is 0.889 bits per heavy atom. The lowest BCUT2D eigenvalue weighted by molar-refractivity contribution is 0.0649. The summed E-state index contributed by atoms with van der Waals surface area (Å²) in [7, 11) is 0. The SMILES string of the molecule is O=C1c2ccccc2C(=O)N1CCCCOc1ccc(-n2ccnc2)cc1. The van der Waals surface area contributed by atoms with Crippen molar-refractivity contribution in [3.05, 3.63) is 78.4 Å². The van der Waals surface area contributed by atoms with Gasteiger partial charge in [-0.1, -0.05) is 12.1 Å². The summed E-state index contributed by atoms with van der Waals surface area (Å²) in [6.07, 6.45) is 6.83. The maximum atomic E-state index is 12.3. The molecule has 0 atom stereocenters. The molecule has 0 N–H and O–H groups in total. The van der Waals surface area contributed by atoms with Crippen LogP contribution in [0.15, 0.2) is 67.3 Å². The van der Waals surface area contributed by atoms with Crippen LogP contribution >= 0.6 is 0 Å². The second-order valence-electron chi connectivity index (χ2n) is 6.33. The second kappa shape index (κ2) is 7.45. The van der Waals surface area contributed by atoms with Gasteiger partial charge in [-0.3, -0.25) is 14.5 Å². The number of unbranched alkanes of at least 4 members (excludes halogenated alkanes) is 1. The summed E-state index contributed by atoms with van der Waals surface area (Å²) in [5.74, 6) is 0.387. The van der Waals surface area contributed by atoms with Crippen LogP contribution in [0.1, 0.15) is 33.6 Å². The number of fused-ring (bicyclic) bond motifs is 1. The van der Waals surface area contributed by atoms with Gasteiger partial charge in [-0.05, 0) is 49.2 Å². The molecule has 0 fully saturated rings. The fourth-order valence-electron chi connectivity index (χ4n) is 3.13. The van der Waals surface area contributed by atoms with Crippen LogP contribution in [-0.2, 0) is 0 Å². The average Bonchev–Trinajstić information content (AvgIpc) is 3.32. The Labute approximate surface area is 157 Å². The molecule has 2 amide bonds. The number of hydrogen-bond donors (Lipinski definition) is 0. The van der Waals surface area contributed by atoms with E-state index in [9.17, 15) is 9.59 Å². The summed E-state index contributed by atoms with van der Waals surface area (Å²) in [6, 6.07) is 14.7. The van der Waals surface area contributed by atoms with Crippen molar-refractivity contribution in [1.29, 1.82) is 0 Å². The zero-order valence-corrected chi connectivity index (χ0v) is 14.7. The van der Waals surface area contributed by atoms with E-state index in [0.29, 0.717) is 30.7 Å². The Bertz CT molecular complexity index is 914. The maximum Gasteiger partial charge on any atom is 0.261 e. The Balaban J connectivity index is 1.23. The van der Waals surface area contributed by atoms with Gasteiger partial charge >= 0.3 is 0 Å². The third-order valence-corrected chi connectivity index (χ3v) is 4.56. The molecule has 0 saturated carbocycles. The van der Waals surface area contributed by atoms with Gasteiger partial charge in [0.25, 0.3) is 11.8 Å². The highest BCUT2D eigenvalue weighted by molar-refractivity contribution is 6.21. The van der Waals surface area contributed by atoms with Crippen LogP contribution in [0.25, 0.3) is 5.69 Å². The first-order valence-electron chi connectivity index (χ1n) is 8.90. The van der Waals surface area contributed by atoms with Crippen molar-refractivity contribution in [2.24, 2.45) is 0 Å². The van der Waals surface area contributed by atoms with Crippen LogP contribution < -0.4 is 4.74 Å². The predicted octanol–water partition coefficient (Wildman–Crippen LogP) is 3.33. The van der Waals surface area contributed by atoms with Gasteiger partial charge in [0.15, 0.2) is 0 Å². The Kier molecular flexibility index (Phi) is 4.70. The topological polar surface area (TPSA) is 64.4 Å². The molecule has 0 aliphatic carbocycles. The Morgan fingerprint density at radius 3 is 2.22 bits per heavy atom. The largest absolute Gasteiger partial charge is 0.494 e. The van der Waals surface area contributed by atoms with Crippen molar-refractivity contribution in [3.8, 4) is 11.4 Å². The molecule has 0 spiro atoms. The quantitative estimate of drug-likeness (QED) is 0.478. The van der Waals surface area contributed by atoms with Gasteiger partial charge in [0, 0.05) is 24.6 Å². The average molecular weight is 361 g/mol.